The number of hydrogen-bond acceptors (Lipinski definition) is 4. The second-order valence-electron chi connectivity index (χ2n) is 7.10. The van der Waals surface area contributed by atoms with Gasteiger partial charge < -0.3 is 10.0 Å². The highest BCUT2D eigenvalue weighted by atomic mass is 16.3. The number of hydrogen-bond donors (Lipinski definition) is 1. The van der Waals surface area contributed by atoms with Crippen molar-refractivity contribution in [3.05, 3.63) is 54.4 Å². The van der Waals surface area contributed by atoms with Crippen LogP contribution in [0.25, 0.3) is 11.0 Å². The van der Waals surface area contributed by atoms with Crippen LogP contribution in [0.5, 0.6) is 0 Å². The van der Waals surface area contributed by atoms with Crippen LogP contribution < -0.4 is 4.90 Å². The molecule has 1 saturated carbocycles. The van der Waals surface area contributed by atoms with Crippen LogP contribution in [0.3, 0.4) is 0 Å². The van der Waals surface area contributed by atoms with Gasteiger partial charge in [0.25, 0.3) is 0 Å². The molecule has 1 aromatic carbocycles. The van der Waals surface area contributed by atoms with E-state index in [0.29, 0.717) is 6.04 Å². The van der Waals surface area contributed by atoms with Crippen molar-refractivity contribution in [1.82, 2.24) is 14.8 Å². The maximum atomic E-state index is 9.93. The second kappa shape index (κ2) is 7.46. The average Bonchev–Trinajstić information content (AvgIpc) is 3.11. The van der Waals surface area contributed by atoms with Crippen LogP contribution in [0.1, 0.15) is 38.2 Å². The van der Waals surface area contributed by atoms with E-state index >= 15 is 0 Å². The highest BCUT2D eigenvalue weighted by Crippen LogP contribution is 2.33. The molecule has 1 fully saturated rings. The van der Waals surface area contributed by atoms with E-state index in [0.717, 1.165) is 49.8 Å². The number of aromatic nitrogens is 3. The van der Waals surface area contributed by atoms with Gasteiger partial charge in [0.15, 0.2) is 5.65 Å². The van der Waals surface area contributed by atoms with Crippen molar-refractivity contribution in [2.45, 2.75) is 57.8 Å². The van der Waals surface area contributed by atoms with Gasteiger partial charge in [-0.1, -0.05) is 30.3 Å². The molecule has 5 heteroatoms. The number of aryl methyl sites for hydroxylation is 1. The molecular weight excluding hydrogens is 324 g/mol. The number of aliphatic hydroxyl groups is 1. The lowest BCUT2D eigenvalue weighted by Gasteiger charge is -2.37. The smallest absolute Gasteiger partial charge is 0.159 e. The Hall–Kier alpha value is -2.40. The highest BCUT2D eigenvalue weighted by Gasteiger charge is 2.27. The minimum atomic E-state index is -0.148. The molecule has 26 heavy (non-hydrogen) atoms. The molecule has 0 amide bonds. The Kier molecular flexibility index (Phi) is 4.89. The summed E-state index contributed by atoms with van der Waals surface area (Å²) in [5.41, 5.74) is 3.44. The summed E-state index contributed by atoms with van der Waals surface area (Å²) in [6.07, 6.45) is 7.46. The van der Waals surface area contributed by atoms with Gasteiger partial charge in [-0.05, 0) is 44.2 Å². The molecule has 2 aromatic heterocycles. The quantitative estimate of drug-likeness (QED) is 0.761. The van der Waals surface area contributed by atoms with Gasteiger partial charge in [0, 0.05) is 25.3 Å². The topological polar surface area (TPSA) is 54.2 Å². The number of aliphatic hydroxyl groups excluding tert-OH is 1. The highest BCUT2D eigenvalue weighted by molar-refractivity contribution is 5.89. The first-order valence-corrected chi connectivity index (χ1v) is 9.55. The van der Waals surface area contributed by atoms with E-state index < -0.39 is 0 Å². The van der Waals surface area contributed by atoms with Crippen molar-refractivity contribution in [2.24, 2.45) is 0 Å². The molecule has 1 N–H and O–H groups in total. The lowest BCUT2D eigenvalue weighted by Crippen LogP contribution is -2.39. The Bertz CT molecular complexity index is 853. The monoisotopic (exact) mass is 350 g/mol. The van der Waals surface area contributed by atoms with Gasteiger partial charge >= 0.3 is 0 Å². The van der Waals surface area contributed by atoms with Crippen molar-refractivity contribution in [2.75, 3.05) is 4.90 Å². The zero-order valence-electron chi connectivity index (χ0n) is 15.3. The summed E-state index contributed by atoms with van der Waals surface area (Å²) in [7, 11) is 0. The first-order chi connectivity index (χ1) is 12.8. The molecule has 0 radical (unpaired) electrons. The van der Waals surface area contributed by atoms with E-state index in [1.54, 1.807) is 0 Å². The zero-order chi connectivity index (χ0) is 17.9. The van der Waals surface area contributed by atoms with E-state index in [4.69, 9.17) is 0 Å². The minimum Gasteiger partial charge on any atom is -0.393 e. The summed E-state index contributed by atoms with van der Waals surface area (Å²) in [4.78, 5) is 7.05. The van der Waals surface area contributed by atoms with Crippen LogP contribution in [-0.2, 0) is 13.1 Å². The molecule has 0 spiro atoms. The molecule has 2 heterocycles. The Morgan fingerprint density at radius 1 is 1.12 bits per heavy atom. The van der Waals surface area contributed by atoms with Gasteiger partial charge in [0.05, 0.1) is 23.4 Å². The summed E-state index contributed by atoms with van der Waals surface area (Å²) in [5, 5.41) is 15.6. The summed E-state index contributed by atoms with van der Waals surface area (Å²) in [6, 6.07) is 13.1. The number of pyridine rings is 1. The number of fused-ring (bicyclic) bond motifs is 1. The molecule has 136 valence electrons. The van der Waals surface area contributed by atoms with E-state index in [1.807, 2.05) is 17.1 Å². The van der Waals surface area contributed by atoms with Gasteiger partial charge in [-0.2, -0.15) is 5.10 Å². The van der Waals surface area contributed by atoms with Crippen molar-refractivity contribution in [1.29, 1.82) is 0 Å². The van der Waals surface area contributed by atoms with Crippen LogP contribution in [0, 0.1) is 0 Å². The van der Waals surface area contributed by atoms with Crippen LogP contribution in [0.4, 0.5) is 5.69 Å². The van der Waals surface area contributed by atoms with Crippen LogP contribution in [-0.4, -0.2) is 32.0 Å². The number of nitrogens with zero attached hydrogens (tertiary/aromatic N) is 4. The predicted molar refractivity (Wildman–Crippen MR) is 104 cm³/mol. The second-order valence-corrected chi connectivity index (χ2v) is 7.10. The molecule has 0 unspecified atom stereocenters. The van der Waals surface area contributed by atoms with Gasteiger partial charge in [0.1, 0.15) is 0 Å². The van der Waals surface area contributed by atoms with E-state index in [-0.39, 0.29) is 6.10 Å². The molecular formula is C21H26N4O. The van der Waals surface area contributed by atoms with Crippen molar-refractivity contribution >= 4 is 16.7 Å². The van der Waals surface area contributed by atoms with Crippen LogP contribution in [0.2, 0.25) is 0 Å². The predicted octanol–water partition coefficient (Wildman–Crippen LogP) is 3.76. The number of benzene rings is 1. The molecule has 0 saturated heterocycles. The van der Waals surface area contributed by atoms with Crippen molar-refractivity contribution < 1.29 is 5.11 Å². The van der Waals surface area contributed by atoms with E-state index in [9.17, 15) is 5.11 Å². The molecule has 3 aromatic rings. The summed E-state index contributed by atoms with van der Waals surface area (Å²) < 4.78 is 1.95. The van der Waals surface area contributed by atoms with Gasteiger partial charge in [-0.15, -0.1) is 0 Å². The Balaban J connectivity index is 1.74. The molecule has 4 rings (SSSR count). The molecule has 1 aliphatic carbocycles. The fourth-order valence-corrected chi connectivity index (χ4v) is 4.01. The Labute approximate surface area is 154 Å². The zero-order valence-corrected chi connectivity index (χ0v) is 15.3. The summed E-state index contributed by atoms with van der Waals surface area (Å²) >= 11 is 0. The average molecular weight is 350 g/mol. The maximum Gasteiger partial charge on any atom is 0.159 e. The fourth-order valence-electron chi connectivity index (χ4n) is 4.01. The molecule has 0 bridgehead atoms. The molecule has 1 aliphatic rings. The van der Waals surface area contributed by atoms with Crippen LogP contribution in [0.15, 0.2) is 48.8 Å². The number of rotatable bonds is 5. The van der Waals surface area contributed by atoms with Crippen LogP contribution >= 0.6 is 0 Å². The van der Waals surface area contributed by atoms with Crippen molar-refractivity contribution in [3.63, 3.8) is 0 Å². The first kappa shape index (κ1) is 17.0. The fraction of sp³-hybridized carbons (Fsp3) is 0.429. The Morgan fingerprint density at radius 3 is 2.62 bits per heavy atom. The Morgan fingerprint density at radius 2 is 1.88 bits per heavy atom. The van der Waals surface area contributed by atoms with Crippen molar-refractivity contribution in [3.8, 4) is 0 Å². The standard InChI is InChI=1S/C21H26N4O/c1-2-25-21-19(14-23-25)20(12-13-22-21)24(15-16-6-4-3-5-7-16)17-8-10-18(26)11-9-17/h3-7,12-14,17-18,26H,2,8-11,15H2,1H3. The summed E-state index contributed by atoms with van der Waals surface area (Å²) in [5.74, 6) is 0. The van der Waals surface area contributed by atoms with Gasteiger partial charge in [-0.3, -0.25) is 0 Å². The molecule has 5 nitrogen and oxygen atoms in total. The van der Waals surface area contributed by atoms with Gasteiger partial charge in [0.2, 0.25) is 0 Å². The number of anilines is 1. The largest absolute Gasteiger partial charge is 0.393 e. The van der Waals surface area contributed by atoms with E-state index in [2.05, 4.69) is 58.3 Å². The lowest BCUT2D eigenvalue weighted by molar-refractivity contribution is 0.121. The lowest BCUT2D eigenvalue weighted by atomic mass is 9.91. The SMILES string of the molecule is CCn1ncc2c(N(Cc3ccccc3)C3CCC(O)CC3)ccnc21. The van der Waals surface area contributed by atoms with E-state index in [1.165, 1.54) is 11.3 Å². The minimum absolute atomic E-state index is 0.148. The normalized spacial score (nSPS) is 20.4. The molecule has 0 aliphatic heterocycles. The first-order valence-electron chi connectivity index (χ1n) is 9.55. The summed E-state index contributed by atoms with van der Waals surface area (Å²) in [6.45, 7) is 3.76. The third kappa shape index (κ3) is 3.31. The third-order valence-corrected chi connectivity index (χ3v) is 5.43. The maximum absolute atomic E-state index is 9.93. The third-order valence-electron chi connectivity index (χ3n) is 5.43. The van der Waals surface area contributed by atoms with Gasteiger partial charge in [-0.25, -0.2) is 9.67 Å². The molecule has 0 atom stereocenters.